The lowest BCUT2D eigenvalue weighted by atomic mass is 10.1. The van der Waals surface area contributed by atoms with Crippen molar-refractivity contribution in [2.45, 2.75) is 0 Å². The summed E-state index contributed by atoms with van der Waals surface area (Å²) in [7, 11) is 0. The van der Waals surface area contributed by atoms with Crippen LogP contribution in [0.25, 0.3) is 21.9 Å². The van der Waals surface area contributed by atoms with E-state index in [0.29, 0.717) is 22.2 Å². The van der Waals surface area contributed by atoms with E-state index < -0.39 is 5.63 Å². The Balaban J connectivity index is 1.88. The van der Waals surface area contributed by atoms with Crippen LogP contribution in [0.3, 0.4) is 0 Å². The molecule has 0 fully saturated rings. The van der Waals surface area contributed by atoms with E-state index in [2.05, 4.69) is 25.9 Å². The molecule has 6 heteroatoms. The van der Waals surface area contributed by atoms with Gasteiger partial charge in [-0.3, -0.25) is 9.98 Å². The third-order valence-electron chi connectivity index (χ3n) is 3.85. The van der Waals surface area contributed by atoms with Gasteiger partial charge in [-0.25, -0.2) is 4.79 Å². The molecule has 0 bridgehead atoms. The van der Waals surface area contributed by atoms with Gasteiger partial charge in [-0.2, -0.15) is 0 Å². The fourth-order valence-corrected chi connectivity index (χ4v) is 3.08. The molecule has 1 N–H and O–H groups in total. The summed E-state index contributed by atoms with van der Waals surface area (Å²) in [5.74, 6) is -0.148. The van der Waals surface area contributed by atoms with Crippen LogP contribution in [0.15, 0.2) is 73.4 Å². The molecule has 5 nitrogen and oxygen atoms in total. The minimum atomic E-state index is -0.644. The molecule has 2 heterocycles. The van der Waals surface area contributed by atoms with E-state index in [1.807, 2.05) is 18.2 Å². The number of nitrogens with zero attached hydrogens (tertiary/aromatic N) is 2. The molecule has 0 aliphatic rings. The fourth-order valence-electron chi connectivity index (χ4n) is 2.62. The first-order chi connectivity index (χ1) is 12.1. The Kier molecular flexibility index (Phi) is 3.82. The van der Waals surface area contributed by atoms with Crippen LogP contribution in [0.1, 0.15) is 5.56 Å². The van der Waals surface area contributed by atoms with Crippen molar-refractivity contribution in [2.75, 3.05) is 0 Å². The third-order valence-corrected chi connectivity index (χ3v) is 4.54. The Morgan fingerprint density at radius 3 is 2.76 bits per heavy atom. The van der Waals surface area contributed by atoms with Gasteiger partial charge in [-0.05, 0) is 30.3 Å². The summed E-state index contributed by atoms with van der Waals surface area (Å²) in [5.41, 5.74) is 0.974. The highest BCUT2D eigenvalue weighted by Gasteiger charge is 2.12. The number of pyridine rings is 1. The zero-order chi connectivity index (χ0) is 17.4. The molecular weight excluding hydrogens is 384 g/mol. The normalized spacial score (nSPS) is 11.6. The lowest BCUT2D eigenvalue weighted by Gasteiger charge is -2.04. The fraction of sp³-hybridized carbons (Fsp3) is 0. The molecule has 0 unspecified atom stereocenters. The second-order valence-electron chi connectivity index (χ2n) is 5.37. The molecule has 0 atom stereocenters. The summed E-state index contributed by atoms with van der Waals surface area (Å²) in [6.45, 7) is 0. The standard InChI is InChI=1S/C19H11BrN2O3/c20-14-7-8-15(17-11(14)5-3-9-21-17)22-10-13-18(23)12-4-1-2-6-16(12)25-19(13)24/h1-10,23H. The highest BCUT2D eigenvalue weighted by Crippen LogP contribution is 2.30. The van der Waals surface area contributed by atoms with Crippen molar-refractivity contribution < 1.29 is 9.52 Å². The first kappa shape index (κ1) is 15.5. The Morgan fingerprint density at radius 2 is 1.88 bits per heavy atom. The lowest BCUT2D eigenvalue weighted by molar-refractivity contribution is 0.466. The van der Waals surface area contributed by atoms with Crippen molar-refractivity contribution in [1.82, 2.24) is 4.98 Å². The summed E-state index contributed by atoms with van der Waals surface area (Å²) < 4.78 is 6.14. The van der Waals surface area contributed by atoms with Gasteiger partial charge in [0.2, 0.25) is 0 Å². The number of fused-ring (bicyclic) bond motifs is 2. The molecule has 0 saturated carbocycles. The van der Waals surface area contributed by atoms with Crippen LogP contribution in [0.2, 0.25) is 0 Å². The number of benzene rings is 2. The number of aromatic nitrogens is 1. The number of aromatic hydroxyl groups is 1. The van der Waals surface area contributed by atoms with Crippen LogP contribution < -0.4 is 5.63 Å². The molecule has 0 aliphatic heterocycles. The Bertz CT molecular complexity index is 1200. The highest BCUT2D eigenvalue weighted by molar-refractivity contribution is 9.10. The summed E-state index contributed by atoms with van der Waals surface area (Å²) in [4.78, 5) is 20.8. The smallest absolute Gasteiger partial charge is 0.348 e. The second kappa shape index (κ2) is 6.14. The first-order valence-electron chi connectivity index (χ1n) is 7.47. The van der Waals surface area contributed by atoms with Crippen molar-refractivity contribution in [3.05, 3.63) is 75.2 Å². The summed E-state index contributed by atoms with van der Waals surface area (Å²) in [5, 5.41) is 11.8. The van der Waals surface area contributed by atoms with Gasteiger partial charge < -0.3 is 9.52 Å². The Morgan fingerprint density at radius 1 is 1.08 bits per heavy atom. The van der Waals surface area contributed by atoms with Gasteiger partial charge in [-0.15, -0.1) is 0 Å². The second-order valence-corrected chi connectivity index (χ2v) is 6.23. The molecule has 0 radical (unpaired) electrons. The van der Waals surface area contributed by atoms with E-state index in [1.54, 1.807) is 36.5 Å². The third kappa shape index (κ3) is 2.70. The molecule has 0 aliphatic carbocycles. The number of aliphatic imine (C=N–C) groups is 1. The van der Waals surface area contributed by atoms with E-state index in [-0.39, 0.29) is 11.3 Å². The molecule has 0 saturated heterocycles. The molecule has 0 amide bonds. The quantitative estimate of drug-likeness (QED) is 0.399. The van der Waals surface area contributed by atoms with E-state index in [0.717, 1.165) is 9.86 Å². The van der Waals surface area contributed by atoms with Crippen LogP contribution in [0.5, 0.6) is 5.75 Å². The number of rotatable bonds is 2. The van der Waals surface area contributed by atoms with Crippen LogP contribution in [0.4, 0.5) is 5.69 Å². The van der Waals surface area contributed by atoms with Gasteiger partial charge in [-0.1, -0.05) is 34.1 Å². The summed E-state index contributed by atoms with van der Waals surface area (Å²) in [6, 6.07) is 14.2. The van der Waals surface area contributed by atoms with Crippen LogP contribution in [0, 0.1) is 0 Å². The van der Waals surface area contributed by atoms with Gasteiger partial charge in [0.15, 0.2) is 0 Å². The van der Waals surface area contributed by atoms with Gasteiger partial charge in [0.05, 0.1) is 16.6 Å². The van der Waals surface area contributed by atoms with Gasteiger partial charge in [0.1, 0.15) is 16.9 Å². The first-order valence-corrected chi connectivity index (χ1v) is 8.26. The molecule has 25 heavy (non-hydrogen) atoms. The average molecular weight is 395 g/mol. The minimum Gasteiger partial charge on any atom is -0.506 e. The monoisotopic (exact) mass is 394 g/mol. The van der Waals surface area contributed by atoms with E-state index in [1.165, 1.54) is 6.21 Å². The van der Waals surface area contributed by atoms with Gasteiger partial charge in [0.25, 0.3) is 0 Å². The molecule has 0 spiro atoms. The highest BCUT2D eigenvalue weighted by atomic mass is 79.9. The van der Waals surface area contributed by atoms with Gasteiger partial charge in [0, 0.05) is 22.3 Å². The van der Waals surface area contributed by atoms with E-state index in [4.69, 9.17) is 4.42 Å². The number of hydrogen-bond acceptors (Lipinski definition) is 5. The SMILES string of the molecule is O=c1oc2ccccc2c(O)c1C=Nc1ccc(Br)c2cccnc12. The molecule has 2 aromatic carbocycles. The maximum atomic E-state index is 12.2. The van der Waals surface area contributed by atoms with E-state index >= 15 is 0 Å². The lowest BCUT2D eigenvalue weighted by Crippen LogP contribution is -2.06. The average Bonchev–Trinajstić information content (AvgIpc) is 2.63. The topological polar surface area (TPSA) is 75.7 Å². The Labute approximate surface area is 150 Å². The molecule has 2 aromatic heterocycles. The maximum Gasteiger partial charge on any atom is 0.348 e. The van der Waals surface area contributed by atoms with Crippen LogP contribution >= 0.6 is 15.9 Å². The maximum absolute atomic E-state index is 12.2. The predicted octanol–water partition coefficient (Wildman–Crippen LogP) is 4.56. The molecular formula is C19H11BrN2O3. The number of para-hydroxylation sites is 1. The largest absolute Gasteiger partial charge is 0.506 e. The van der Waals surface area contributed by atoms with Crippen molar-refractivity contribution in [3.63, 3.8) is 0 Å². The molecule has 4 rings (SSSR count). The van der Waals surface area contributed by atoms with Crippen molar-refractivity contribution in [1.29, 1.82) is 0 Å². The minimum absolute atomic E-state index is 0.00528. The summed E-state index contributed by atoms with van der Waals surface area (Å²) >= 11 is 3.48. The molecule has 122 valence electrons. The predicted molar refractivity (Wildman–Crippen MR) is 101 cm³/mol. The zero-order valence-corrected chi connectivity index (χ0v) is 14.4. The zero-order valence-electron chi connectivity index (χ0n) is 12.8. The molecule has 4 aromatic rings. The summed E-state index contributed by atoms with van der Waals surface area (Å²) in [6.07, 6.45) is 2.99. The van der Waals surface area contributed by atoms with Gasteiger partial charge >= 0.3 is 5.63 Å². The van der Waals surface area contributed by atoms with Crippen LogP contribution in [-0.4, -0.2) is 16.3 Å². The number of halogens is 1. The van der Waals surface area contributed by atoms with Crippen molar-refractivity contribution in [3.8, 4) is 5.75 Å². The van der Waals surface area contributed by atoms with Crippen molar-refractivity contribution in [2.24, 2.45) is 4.99 Å². The Hall–Kier alpha value is -2.99. The number of hydrogen-bond donors (Lipinski definition) is 1. The van der Waals surface area contributed by atoms with E-state index in [9.17, 15) is 9.90 Å². The van der Waals surface area contributed by atoms with Crippen LogP contribution in [-0.2, 0) is 0 Å². The van der Waals surface area contributed by atoms with Crippen molar-refractivity contribution >= 4 is 49.7 Å².